The number of guanidine groups is 1. The maximum atomic E-state index is 12.6. The van der Waals surface area contributed by atoms with Gasteiger partial charge in [-0.25, -0.2) is 8.42 Å². The van der Waals surface area contributed by atoms with Crippen LogP contribution in [0.2, 0.25) is 0 Å². The zero-order valence-corrected chi connectivity index (χ0v) is 19.7. The second-order valence-corrected chi connectivity index (χ2v) is 8.90. The molecule has 0 aromatic heterocycles. The molecule has 0 aliphatic carbocycles. The van der Waals surface area contributed by atoms with Gasteiger partial charge < -0.3 is 15.4 Å². The van der Waals surface area contributed by atoms with Crippen LogP contribution >= 0.6 is 24.0 Å². The number of piperidine rings is 1. The summed E-state index contributed by atoms with van der Waals surface area (Å²) in [6.07, 6.45) is 1.75. The minimum atomic E-state index is -5.23. The predicted molar refractivity (Wildman–Crippen MR) is 114 cm³/mol. The number of nitrogens with zero attached hydrogens (tertiary/aromatic N) is 2. The van der Waals surface area contributed by atoms with Crippen molar-refractivity contribution < 1.29 is 26.3 Å². The van der Waals surface area contributed by atoms with E-state index in [2.05, 4.69) is 29.5 Å². The number of sulfonamides is 1. The van der Waals surface area contributed by atoms with Crippen LogP contribution in [-0.2, 0) is 14.8 Å². The number of hydrogen-bond acceptors (Lipinski definition) is 4. The Labute approximate surface area is 182 Å². The fraction of sp³-hybridized carbons (Fsp3) is 0.938. The molecule has 28 heavy (non-hydrogen) atoms. The molecule has 0 bridgehead atoms. The van der Waals surface area contributed by atoms with Crippen molar-refractivity contribution in [3.8, 4) is 0 Å². The molecule has 7 nitrogen and oxygen atoms in total. The summed E-state index contributed by atoms with van der Waals surface area (Å²) in [6.45, 7) is 6.42. The van der Waals surface area contributed by atoms with Crippen molar-refractivity contribution in [1.82, 2.24) is 14.9 Å². The highest BCUT2D eigenvalue weighted by atomic mass is 127. The molecule has 2 N–H and O–H groups in total. The van der Waals surface area contributed by atoms with Gasteiger partial charge in [-0.3, -0.25) is 4.99 Å². The van der Waals surface area contributed by atoms with Gasteiger partial charge in [0.1, 0.15) is 0 Å². The zero-order valence-electron chi connectivity index (χ0n) is 16.6. The fourth-order valence-electron chi connectivity index (χ4n) is 2.62. The van der Waals surface area contributed by atoms with E-state index in [1.807, 2.05) is 0 Å². The van der Waals surface area contributed by atoms with Gasteiger partial charge in [-0.05, 0) is 31.1 Å². The normalized spacial score (nSPS) is 17.5. The van der Waals surface area contributed by atoms with Crippen molar-refractivity contribution in [2.75, 3.05) is 46.4 Å². The van der Waals surface area contributed by atoms with E-state index in [4.69, 9.17) is 4.74 Å². The summed E-state index contributed by atoms with van der Waals surface area (Å²) < 4.78 is 66.5. The van der Waals surface area contributed by atoms with E-state index in [9.17, 15) is 21.6 Å². The molecule has 1 aliphatic heterocycles. The quantitative estimate of drug-likeness (QED) is 0.202. The van der Waals surface area contributed by atoms with E-state index in [0.29, 0.717) is 55.3 Å². The summed E-state index contributed by atoms with van der Waals surface area (Å²) >= 11 is 0. The smallest absolute Gasteiger partial charge is 0.380 e. The third-order valence-corrected chi connectivity index (χ3v) is 6.00. The summed E-state index contributed by atoms with van der Waals surface area (Å²) in [7, 11) is -3.59. The SMILES string of the molecule is CN=C(NCCOCCC(C)C)NCC1CCN(S(=O)(=O)C(F)(F)F)CC1.I. The fourth-order valence-corrected chi connectivity index (χ4v) is 3.61. The van der Waals surface area contributed by atoms with Crippen LogP contribution in [-0.4, -0.2) is 70.6 Å². The van der Waals surface area contributed by atoms with E-state index in [0.717, 1.165) is 6.42 Å². The molecule has 0 unspecified atom stereocenters. The van der Waals surface area contributed by atoms with Gasteiger partial charge in [-0.1, -0.05) is 13.8 Å². The first-order valence-electron chi connectivity index (χ1n) is 9.16. The molecular weight excluding hydrogens is 512 g/mol. The van der Waals surface area contributed by atoms with Crippen LogP contribution in [0.4, 0.5) is 13.2 Å². The van der Waals surface area contributed by atoms with E-state index in [1.54, 1.807) is 7.05 Å². The molecule has 0 amide bonds. The maximum Gasteiger partial charge on any atom is 0.511 e. The lowest BCUT2D eigenvalue weighted by molar-refractivity contribution is -0.0496. The number of rotatable bonds is 9. The summed E-state index contributed by atoms with van der Waals surface area (Å²) in [5.74, 6) is 1.28. The minimum Gasteiger partial charge on any atom is -0.380 e. The highest BCUT2D eigenvalue weighted by Gasteiger charge is 2.50. The number of halogens is 4. The lowest BCUT2D eigenvalue weighted by Crippen LogP contribution is -2.47. The lowest BCUT2D eigenvalue weighted by atomic mass is 9.98. The molecule has 1 heterocycles. The Balaban J connectivity index is 0.00000729. The Hall–Kier alpha value is -0.340. The van der Waals surface area contributed by atoms with Crippen LogP contribution in [0.3, 0.4) is 0 Å². The van der Waals surface area contributed by atoms with Crippen molar-refractivity contribution in [2.45, 2.75) is 38.6 Å². The molecule has 168 valence electrons. The van der Waals surface area contributed by atoms with Crippen LogP contribution < -0.4 is 10.6 Å². The maximum absolute atomic E-state index is 12.6. The average Bonchev–Trinajstić information content (AvgIpc) is 2.59. The third-order valence-electron chi connectivity index (χ3n) is 4.37. The number of hydrogen-bond donors (Lipinski definition) is 2. The zero-order chi connectivity index (χ0) is 20.5. The van der Waals surface area contributed by atoms with E-state index >= 15 is 0 Å². The number of ether oxygens (including phenoxy) is 1. The van der Waals surface area contributed by atoms with Crippen molar-refractivity contribution in [1.29, 1.82) is 0 Å². The monoisotopic (exact) mass is 544 g/mol. The lowest BCUT2D eigenvalue weighted by Gasteiger charge is -2.31. The van der Waals surface area contributed by atoms with Gasteiger partial charge >= 0.3 is 15.5 Å². The molecule has 1 aliphatic rings. The second kappa shape index (κ2) is 13.1. The van der Waals surface area contributed by atoms with Crippen LogP contribution in [0.5, 0.6) is 0 Å². The summed E-state index contributed by atoms with van der Waals surface area (Å²) in [5.41, 5.74) is -5.23. The third kappa shape index (κ3) is 9.44. The van der Waals surface area contributed by atoms with Gasteiger partial charge in [0.25, 0.3) is 0 Å². The van der Waals surface area contributed by atoms with Crippen LogP contribution in [0, 0.1) is 11.8 Å². The Morgan fingerprint density at radius 1 is 1.21 bits per heavy atom. The molecule has 1 rings (SSSR count). The summed E-state index contributed by atoms with van der Waals surface area (Å²) in [5, 5.41) is 6.23. The van der Waals surface area contributed by atoms with Crippen molar-refractivity contribution in [2.24, 2.45) is 16.8 Å². The minimum absolute atomic E-state index is 0. The Bertz CT molecular complexity index is 566. The molecule has 0 aromatic rings. The molecule has 0 saturated carbocycles. The van der Waals surface area contributed by atoms with Crippen molar-refractivity contribution in [3.63, 3.8) is 0 Å². The van der Waals surface area contributed by atoms with Gasteiger partial charge in [-0.15, -0.1) is 24.0 Å². The Morgan fingerprint density at radius 3 is 2.32 bits per heavy atom. The standard InChI is InChI=1S/C16H31F3N4O3S.HI/c1-13(2)6-10-26-11-7-21-15(20-3)22-12-14-4-8-23(9-5-14)27(24,25)16(17,18)19;/h13-14H,4-12H2,1-3H3,(H2,20,21,22);1H. The van der Waals surface area contributed by atoms with Crippen LogP contribution in [0.1, 0.15) is 33.1 Å². The van der Waals surface area contributed by atoms with E-state index in [1.165, 1.54) is 0 Å². The first kappa shape index (κ1) is 27.7. The largest absolute Gasteiger partial charge is 0.511 e. The molecule has 1 saturated heterocycles. The van der Waals surface area contributed by atoms with Gasteiger partial charge in [0.2, 0.25) is 0 Å². The first-order valence-corrected chi connectivity index (χ1v) is 10.6. The van der Waals surface area contributed by atoms with E-state index < -0.39 is 15.5 Å². The van der Waals surface area contributed by atoms with E-state index in [-0.39, 0.29) is 43.0 Å². The van der Waals surface area contributed by atoms with Gasteiger partial charge in [-0.2, -0.15) is 17.5 Å². The first-order chi connectivity index (χ1) is 12.6. The number of aliphatic imine (C=N–C) groups is 1. The molecular formula is C16H32F3IN4O3S. The molecule has 12 heteroatoms. The summed E-state index contributed by atoms with van der Waals surface area (Å²) in [6, 6.07) is 0. The molecule has 0 aromatic carbocycles. The van der Waals surface area contributed by atoms with Gasteiger partial charge in [0, 0.05) is 39.8 Å². The molecule has 1 fully saturated rings. The average molecular weight is 544 g/mol. The molecule has 0 radical (unpaired) electrons. The van der Waals surface area contributed by atoms with Gasteiger partial charge in [0.05, 0.1) is 6.61 Å². The predicted octanol–water partition coefficient (Wildman–Crippen LogP) is 2.39. The van der Waals surface area contributed by atoms with Gasteiger partial charge in [0.15, 0.2) is 5.96 Å². The Kier molecular flexibility index (Phi) is 12.9. The molecule has 0 atom stereocenters. The highest BCUT2D eigenvalue weighted by molar-refractivity contribution is 14.0. The topological polar surface area (TPSA) is 83.0 Å². The Morgan fingerprint density at radius 2 is 1.82 bits per heavy atom. The van der Waals surface area contributed by atoms with Crippen LogP contribution in [0.15, 0.2) is 4.99 Å². The molecule has 0 spiro atoms. The van der Waals surface area contributed by atoms with Crippen LogP contribution in [0.25, 0.3) is 0 Å². The van der Waals surface area contributed by atoms with Crippen molar-refractivity contribution in [3.05, 3.63) is 0 Å². The second-order valence-electron chi connectivity index (χ2n) is 6.97. The highest BCUT2D eigenvalue weighted by Crippen LogP contribution is 2.30. The summed E-state index contributed by atoms with van der Waals surface area (Å²) in [4.78, 5) is 4.09. The number of nitrogens with one attached hydrogen (secondary N) is 2. The van der Waals surface area contributed by atoms with Crippen molar-refractivity contribution >= 4 is 40.0 Å². The number of alkyl halides is 3.